The second-order valence-electron chi connectivity index (χ2n) is 10.1. The molecule has 0 amide bonds. The monoisotopic (exact) mass is 584 g/mol. The summed E-state index contributed by atoms with van der Waals surface area (Å²) >= 11 is 0. The summed E-state index contributed by atoms with van der Waals surface area (Å²) < 4.78 is 32.8. The van der Waals surface area contributed by atoms with Crippen LogP contribution in [0.3, 0.4) is 0 Å². The largest absolute Gasteiger partial charge is 0.472 e. The van der Waals surface area contributed by atoms with Gasteiger partial charge >= 0.3 is 19.8 Å². The summed E-state index contributed by atoms with van der Waals surface area (Å²) in [5, 5.41) is 0. The molecule has 0 aromatic carbocycles. The van der Waals surface area contributed by atoms with Crippen LogP contribution in [0.4, 0.5) is 0 Å². The Morgan fingerprint density at radius 2 is 1.35 bits per heavy atom. The van der Waals surface area contributed by atoms with Crippen LogP contribution in [0.1, 0.15) is 65.2 Å². The quantitative estimate of drug-likeness (QED) is 0.0496. The summed E-state index contributed by atoms with van der Waals surface area (Å²) in [7, 11) is 1.41. The van der Waals surface area contributed by atoms with Gasteiger partial charge in [0.05, 0.1) is 27.7 Å². The van der Waals surface area contributed by atoms with Crippen LogP contribution in [0.25, 0.3) is 0 Å². The number of hydrogen-bond acceptors (Lipinski definition) is 7. The second kappa shape index (κ2) is 23.4. The van der Waals surface area contributed by atoms with E-state index in [2.05, 4.69) is 55.5 Å². The van der Waals surface area contributed by atoms with E-state index >= 15 is 0 Å². The van der Waals surface area contributed by atoms with Gasteiger partial charge in [0.25, 0.3) is 0 Å². The molecule has 0 heterocycles. The molecule has 0 aliphatic rings. The highest BCUT2D eigenvalue weighted by atomic mass is 31.2. The van der Waals surface area contributed by atoms with E-state index < -0.39 is 32.5 Å². The second-order valence-corrected chi connectivity index (χ2v) is 11.6. The molecule has 0 saturated heterocycles. The van der Waals surface area contributed by atoms with Crippen molar-refractivity contribution in [2.24, 2.45) is 0 Å². The van der Waals surface area contributed by atoms with Gasteiger partial charge in [-0.2, -0.15) is 0 Å². The smallest absolute Gasteiger partial charge is 0.462 e. The molecular weight excluding hydrogens is 533 g/mol. The van der Waals surface area contributed by atoms with Gasteiger partial charge in [0.2, 0.25) is 0 Å². The standard InChI is InChI=1S/C30H50NO8P/c1-6-7-8-9-10-11-12-13-14-15-16-17-18-19-20-21-22-23-30(33)39-29(26-36-28(2)32)27-38-40(34,35)37-25-24-31(3,4)5/h7-8,10-11,13-14,16-17,19-20,29H,6,9,12,15,18,21-27H2,1-5H3/p+1/b8-7-,11-10-,14-13-,17-16-,20-19-. The fraction of sp³-hybridized carbons (Fsp3) is 0.600. The van der Waals surface area contributed by atoms with E-state index in [4.69, 9.17) is 18.5 Å². The molecule has 2 atom stereocenters. The van der Waals surface area contributed by atoms with Crippen LogP contribution in [0, 0.1) is 0 Å². The first-order valence-electron chi connectivity index (χ1n) is 14.0. The number of ether oxygens (including phenoxy) is 2. The van der Waals surface area contributed by atoms with Crippen molar-refractivity contribution in [3.05, 3.63) is 60.8 Å². The number of hydrogen-bond donors (Lipinski definition) is 1. The van der Waals surface area contributed by atoms with Crippen molar-refractivity contribution in [2.45, 2.75) is 71.3 Å². The van der Waals surface area contributed by atoms with Gasteiger partial charge in [0.15, 0.2) is 6.10 Å². The van der Waals surface area contributed by atoms with Gasteiger partial charge in [0, 0.05) is 13.3 Å². The molecule has 0 radical (unpaired) electrons. The van der Waals surface area contributed by atoms with E-state index in [1.165, 1.54) is 6.92 Å². The minimum atomic E-state index is -4.34. The van der Waals surface area contributed by atoms with E-state index in [1.807, 2.05) is 33.3 Å². The van der Waals surface area contributed by atoms with Gasteiger partial charge < -0.3 is 18.9 Å². The highest BCUT2D eigenvalue weighted by Crippen LogP contribution is 2.43. The molecule has 0 spiro atoms. The van der Waals surface area contributed by atoms with Crippen LogP contribution in [0.2, 0.25) is 0 Å². The Morgan fingerprint density at radius 1 is 0.825 bits per heavy atom. The van der Waals surface area contributed by atoms with Crippen LogP contribution >= 0.6 is 7.82 Å². The minimum Gasteiger partial charge on any atom is -0.462 e. The molecule has 10 heteroatoms. The Bertz CT molecular complexity index is 887. The molecule has 0 aromatic rings. The predicted molar refractivity (Wildman–Crippen MR) is 159 cm³/mol. The molecule has 40 heavy (non-hydrogen) atoms. The topological polar surface area (TPSA) is 108 Å². The summed E-state index contributed by atoms with van der Waals surface area (Å²) in [6, 6.07) is 0. The zero-order valence-electron chi connectivity index (χ0n) is 25.0. The molecular formula is C30H51NO8P+. The third-order valence-electron chi connectivity index (χ3n) is 5.12. The SMILES string of the molecule is CC/C=C\C/C=C\C/C=C\C/C=C\C/C=C\CCCC(=O)OC(COC(C)=O)COP(=O)(O)OCC[N+](C)(C)C. The van der Waals surface area contributed by atoms with Gasteiger partial charge in [-0.15, -0.1) is 0 Å². The number of phosphoric ester groups is 1. The van der Waals surface area contributed by atoms with E-state index in [9.17, 15) is 19.0 Å². The number of nitrogens with zero attached hydrogens (tertiary/aromatic N) is 1. The number of phosphoric acid groups is 1. The van der Waals surface area contributed by atoms with Crippen molar-refractivity contribution in [1.29, 1.82) is 0 Å². The van der Waals surface area contributed by atoms with Gasteiger partial charge in [-0.05, 0) is 44.9 Å². The number of carbonyl (C=O) groups excluding carboxylic acids is 2. The predicted octanol–water partition coefficient (Wildman–Crippen LogP) is 6.22. The van der Waals surface area contributed by atoms with Gasteiger partial charge in [-0.1, -0.05) is 67.7 Å². The van der Waals surface area contributed by atoms with Crippen molar-refractivity contribution in [2.75, 3.05) is 47.5 Å². The van der Waals surface area contributed by atoms with Crippen LogP contribution in [0.15, 0.2) is 60.8 Å². The summed E-state index contributed by atoms with van der Waals surface area (Å²) in [4.78, 5) is 33.3. The highest BCUT2D eigenvalue weighted by Gasteiger charge is 2.26. The summed E-state index contributed by atoms with van der Waals surface area (Å²) in [6.45, 7) is 3.14. The van der Waals surface area contributed by atoms with E-state index in [-0.39, 0.29) is 19.6 Å². The lowest BCUT2D eigenvalue weighted by atomic mass is 10.2. The Morgan fingerprint density at radius 3 is 1.85 bits per heavy atom. The first kappa shape index (κ1) is 37.7. The van der Waals surface area contributed by atoms with Crippen molar-refractivity contribution >= 4 is 19.8 Å². The van der Waals surface area contributed by atoms with E-state index in [0.717, 1.165) is 32.1 Å². The minimum absolute atomic E-state index is 0.0154. The van der Waals surface area contributed by atoms with Crippen molar-refractivity contribution in [3.63, 3.8) is 0 Å². The van der Waals surface area contributed by atoms with Crippen LogP contribution < -0.4 is 0 Å². The van der Waals surface area contributed by atoms with Crippen LogP contribution in [0.5, 0.6) is 0 Å². The molecule has 0 rings (SSSR count). The number of unbranched alkanes of at least 4 members (excludes halogenated alkanes) is 1. The number of likely N-dealkylation sites (N-methyl/N-ethyl adjacent to an activating group) is 1. The normalized spacial score (nSPS) is 15.1. The molecule has 0 saturated carbocycles. The Kier molecular flexibility index (Phi) is 22.1. The van der Waals surface area contributed by atoms with Crippen molar-refractivity contribution in [3.8, 4) is 0 Å². The highest BCUT2D eigenvalue weighted by molar-refractivity contribution is 7.47. The van der Waals surface area contributed by atoms with Crippen LogP contribution in [-0.4, -0.2) is 74.9 Å². The Hall–Kier alpha value is -2.29. The fourth-order valence-electron chi connectivity index (χ4n) is 2.95. The number of carbonyl (C=O) groups is 2. The van der Waals surface area contributed by atoms with Gasteiger partial charge in [0.1, 0.15) is 19.8 Å². The lowest BCUT2D eigenvalue weighted by molar-refractivity contribution is -0.870. The average Bonchev–Trinajstić information content (AvgIpc) is 2.86. The first-order valence-corrected chi connectivity index (χ1v) is 15.4. The molecule has 0 bridgehead atoms. The van der Waals surface area contributed by atoms with Gasteiger partial charge in [-0.3, -0.25) is 18.6 Å². The van der Waals surface area contributed by atoms with Crippen LogP contribution in [-0.2, 0) is 32.7 Å². The molecule has 1 N–H and O–H groups in total. The zero-order chi connectivity index (χ0) is 30.1. The first-order chi connectivity index (χ1) is 18.9. The number of rotatable bonds is 23. The maximum atomic E-state index is 12.2. The third-order valence-corrected chi connectivity index (χ3v) is 6.10. The zero-order valence-corrected chi connectivity index (χ0v) is 25.9. The van der Waals surface area contributed by atoms with Crippen molar-refractivity contribution < 1.29 is 42.1 Å². The summed E-state index contributed by atoms with van der Waals surface area (Å²) in [5.74, 6) is -1.07. The Balaban J connectivity index is 4.23. The molecule has 9 nitrogen and oxygen atoms in total. The number of esters is 2. The molecule has 228 valence electrons. The maximum Gasteiger partial charge on any atom is 0.472 e. The number of allylic oxidation sites excluding steroid dienone is 10. The molecule has 0 aliphatic heterocycles. The maximum absolute atomic E-state index is 12.2. The fourth-order valence-corrected chi connectivity index (χ4v) is 3.69. The molecule has 2 unspecified atom stereocenters. The number of quaternary nitrogens is 1. The lowest BCUT2D eigenvalue weighted by Gasteiger charge is -2.24. The molecule has 0 aliphatic carbocycles. The third kappa shape index (κ3) is 27.3. The lowest BCUT2D eigenvalue weighted by Crippen LogP contribution is -2.37. The average molecular weight is 585 g/mol. The summed E-state index contributed by atoms with van der Waals surface area (Å²) in [5.41, 5.74) is 0. The van der Waals surface area contributed by atoms with E-state index in [1.54, 1.807) is 0 Å². The molecule has 0 aromatic heterocycles. The van der Waals surface area contributed by atoms with Crippen molar-refractivity contribution in [1.82, 2.24) is 0 Å². The Labute approximate surface area is 241 Å². The van der Waals surface area contributed by atoms with Gasteiger partial charge in [-0.25, -0.2) is 4.57 Å². The molecule has 0 fully saturated rings. The summed E-state index contributed by atoms with van der Waals surface area (Å²) in [6.07, 6.45) is 26.4. The van der Waals surface area contributed by atoms with E-state index in [0.29, 0.717) is 23.9 Å².